The number of hydrogen-bond acceptors (Lipinski definition) is 3. The number of carbonyl (C=O) groups is 1. The van der Waals surface area contributed by atoms with Gasteiger partial charge in [0, 0.05) is 19.3 Å². The summed E-state index contributed by atoms with van der Waals surface area (Å²) in [7, 11) is 1.74. The monoisotopic (exact) mass is 339 g/mol. The maximum atomic E-state index is 12.6. The lowest BCUT2D eigenvalue weighted by atomic mass is 9.80. The van der Waals surface area contributed by atoms with Crippen molar-refractivity contribution in [2.75, 3.05) is 7.11 Å². The van der Waals surface area contributed by atoms with Crippen molar-refractivity contribution in [2.24, 2.45) is 0 Å². The van der Waals surface area contributed by atoms with Crippen LogP contribution in [0.3, 0.4) is 0 Å². The molecular formula is C20H25N3O2. The molecule has 25 heavy (non-hydrogen) atoms. The van der Waals surface area contributed by atoms with Crippen LogP contribution >= 0.6 is 0 Å². The Morgan fingerprint density at radius 2 is 2.12 bits per heavy atom. The number of benzene rings is 1. The number of carbonyl (C=O) groups excluding carboxylic acids is 1. The van der Waals surface area contributed by atoms with Crippen molar-refractivity contribution >= 4 is 5.91 Å². The first-order chi connectivity index (χ1) is 12.2. The van der Waals surface area contributed by atoms with Crippen molar-refractivity contribution < 1.29 is 9.53 Å². The molecule has 2 aliphatic rings. The predicted octanol–water partition coefficient (Wildman–Crippen LogP) is 2.91. The summed E-state index contributed by atoms with van der Waals surface area (Å²) < 4.78 is 7.67. The molecule has 4 rings (SSSR count). The molecule has 1 aromatic heterocycles. The molecule has 0 radical (unpaired) electrons. The largest absolute Gasteiger partial charge is 0.379 e. The molecule has 3 atom stereocenters. The molecule has 1 aromatic carbocycles. The third-order valence-electron chi connectivity index (χ3n) is 5.58. The van der Waals surface area contributed by atoms with Crippen LogP contribution in [0.15, 0.2) is 36.4 Å². The van der Waals surface area contributed by atoms with Crippen LogP contribution in [0.2, 0.25) is 0 Å². The molecule has 5 heteroatoms. The SMILES string of the molecule is CO[C@@H]1C[C@@H](c2ccccc2)CC[C@H]1NC(=O)c1cc2n(n1)CCC2. The van der Waals surface area contributed by atoms with Gasteiger partial charge in [-0.25, -0.2) is 0 Å². The summed E-state index contributed by atoms with van der Waals surface area (Å²) in [6.45, 7) is 0.922. The second kappa shape index (κ2) is 7.00. The van der Waals surface area contributed by atoms with Crippen LogP contribution in [0.5, 0.6) is 0 Å². The average molecular weight is 339 g/mol. The molecule has 2 aromatic rings. The van der Waals surface area contributed by atoms with E-state index in [0.717, 1.165) is 38.6 Å². The molecule has 1 aliphatic heterocycles. The molecule has 0 spiro atoms. The Bertz CT molecular complexity index is 719. The van der Waals surface area contributed by atoms with Gasteiger partial charge in [0.1, 0.15) is 5.69 Å². The van der Waals surface area contributed by atoms with E-state index < -0.39 is 0 Å². The second-order valence-electron chi connectivity index (χ2n) is 7.12. The van der Waals surface area contributed by atoms with Crippen molar-refractivity contribution in [3.8, 4) is 0 Å². The van der Waals surface area contributed by atoms with E-state index in [1.807, 2.05) is 16.8 Å². The topological polar surface area (TPSA) is 56.1 Å². The molecule has 5 nitrogen and oxygen atoms in total. The zero-order valence-corrected chi connectivity index (χ0v) is 14.6. The van der Waals surface area contributed by atoms with Gasteiger partial charge in [-0.2, -0.15) is 5.10 Å². The van der Waals surface area contributed by atoms with Crippen LogP contribution in [0, 0.1) is 0 Å². The van der Waals surface area contributed by atoms with E-state index in [1.165, 1.54) is 11.3 Å². The standard InChI is InChI=1S/C20H25N3O2/c1-25-19-12-15(14-6-3-2-4-7-14)9-10-17(19)21-20(24)18-13-16-8-5-11-23(16)22-18/h2-4,6-7,13,15,17,19H,5,8-12H2,1H3,(H,21,24)/t15-,17+,19+/m0/s1. The Labute approximate surface area is 148 Å². The highest BCUT2D eigenvalue weighted by Crippen LogP contribution is 2.34. The number of methoxy groups -OCH3 is 1. The van der Waals surface area contributed by atoms with Gasteiger partial charge in [0.2, 0.25) is 0 Å². The number of ether oxygens (including phenoxy) is 1. The summed E-state index contributed by atoms with van der Waals surface area (Å²) in [6.07, 6.45) is 5.11. The normalized spacial score (nSPS) is 25.6. The summed E-state index contributed by atoms with van der Waals surface area (Å²) in [5.41, 5.74) is 3.07. The predicted molar refractivity (Wildman–Crippen MR) is 95.6 cm³/mol. The fraction of sp³-hybridized carbons (Fsp3) is 0.500. The maximum Gasteiger partial charge on any atom is 0.272 e. The first-order valence-electron chi connectivity index (χ1n) is 9.20. The van der Waals surface area contributed by atoms with Gasteiger partial charge >= 0.3 is 0 Å². The fourth-order valence-electron chi connectivity index (χ4n) is 4.20. The first-order valence-corrected chi connectivity index (χ1v) is 9.20. The minimum Gasteiger partial charge on any atom is -0.379 e. The quantitative estimate of drug-likeness (QED) is 0.932. The Hall–Kier alpha value is -2.14. The van der Waals surface area contributed by atoms with Gasteiger partial charge in [0.25, 0.3) is 5.91 Å². The van der Waals surface area contributed by atoms with E-state index in [0.29, 0.717) is 11.6 Å². The lowest BCUT2D eigenvalue weighted by Crippen LogP contribution is -2.47. The van der Waals surface area contributed by atoms with E-state index in [-0.39, 0.29) is 18.1 Å². The third-order valence-corrected chi connectivity index (χ3v) is 5.58. The van der Waals surface area contributed by atoms with E-state index in [4.69, 9.17) is 4.74 Å². The van der Waals surface area contributed by atoms with Gasteiger partial charge in [0.05, 0.1) is 12.1 Å². The van der Waals surface area contributed by atoms with Crippen molar-refractivity contribution in [2.45, 2.75) is 56.7 Å². The Kier molecular flexibility index (Phi) is 4.57. The maximum absolute atomic E-state index is 12.6. The van der Waals surface area contributed by atoms with Crippen molar-refractivity contribution in [1.82, 2.24) is 15.1 Å². The molecule has 1 amide bonds. The zero-order chi connectivity index (χ0) is 17.2. The smallest absolute Gasteiger partial charge is 0.272 e. The zero-order valence-electron chi connectivity index (χ0n) is 14.6. The van der Waals surface area contributed by atoms with Gasteiger partial charge in [-0.3, -0.25) is 9.48 Å². The van der Waals surface area contributed by atoms with Crippen LogP contribution in [0.25, 0.3) is 0 Å². The van der Waals surface area contributed by atoms with Crippen LogP contribution in [-0.4, -0.2) is 34.9 Å². The van der Waals surface area contributed by atoms with E-state index in [9.17, 15) is 4.79 Å². The lowest BCUT2D eigenvalue weighted by Gasteiger charge is -2.35. The summed E-state index contributed by atoms with van der Waals surface area (Å²) in [5.74, 6) is 0.419. The molecule has 132 valence electrons. The van der Waals surface area contributed by atoms with E-state index in [1.54, 1.807) is 7.11 Å². The number of nitrogens with zero attached hydrogens (tertiary/aromatic N) is 2. The van der Waals surface area contributed by atoms with Gasteiger partial charge in [-0.05, 0) is 49.7 Å². The number of fused-ring (bicyclic) bond motifs is 1. The summed E-state index contributed by atoms with van der Waals surface area (Å²) in [6, 6.07) is 12.6. The first kappa shape index (κ1) is 16.3. The van der Waals surface area contributed by atoms with Crippen LogP contribution in [0.1, 0.15) is 53.3 Å². The minimum atomic E-state index is -0.0767. The highest BCUT2D eigenvalue weighted by atomic mass is 16.5. The van der Waals surface area contributed by atoms with Gasteiger partial charge in [-0.1, -0.05) is 30.3 Å². The van der Waals surface area contributed by atoms with Crippen LogP contribution in [0.4, 0.5) is 0 Å². The molecule has 2 heterocycles. The minimum absolute atomic E-state index is 0.0392. The van der Waals surface area contributed by atoms with Gasteiger partial charge in [0.15, 0.2) is 0 Å². The molecule has 1 saturated carbocycles. The molecule has 1 aliphatic carbocycles. The molecule has 0 bridgehead atoms. The van der Waals surface area contributed by atoms with Crippen molar-refractivity contribution in [1.29, 1.82) is 0 Å². The van der Waals surface area contributed by atoms with Crippen LogP contribution < -0.4 is 5.32 Å². The van der Waals surface area contributed by atoms with Gasteiger partial charge in [-0.15, -0.1) is 0 Å². The summed E-state index contributed by atoms with van der Waals surface area (Å²) in [5, 5.41) is 7.59. The molecule has 1 fully saturated rings. The van der Waals surface area contributed by atoms with Gasteiger partial charge < -0.3 is 10.1 Å². The molecule has 0 saturated heterocycles. The number of amides is 1. The summed E-state index contributed by atoms with van der Waals surface area (Å²) >= 11 is 0. The number of hydrogen-bond donors (Lipinski definition) is 1. The molecular weight excluding hydrogens is 314 g/mol. The number of aryl methyl sites for hydroxylation is 2. The van der Waals surface area contributed by atoms with Crippen LogP contribution in [-0.2, 0) is 17.7 Å². The Morgan fingerprint density at radius 3 is 2.88 bits per heavy atom. The van der Waals surface area contributed by atoms with Crippen molar-refractivity contribution in [3.63, 3.8) is 0 Å². The number of nitrogens with one attached hydrogen (secondary N) is 1. The highest BCUT2D eigenvalue weighted by molar-refractivity contribution is 5.92. The highest BCUT2D eigenvalue weighted by Gasteiger charge is 2.33. The van der Waals surface area contributed by atoms with E-state index in [2.05, 4.69) is 34.7 Å². The third kappa shape index (κ3) is 3.33. The number of rotatable bonds is 4. The Morgan fingerprint density at radius 1 is 1.28 bits per heavy atom. The summed E-state index contributed by atoms with van der Waals surface area (Å²) in [4.78, 5) is 12.6. The average Bonchev–Trinajstić information content (AvgIpc) is 3.25. The number of aromatic nitrogens is 2. The lowest BCUT2D eigenvalue weighted by molar-refractivity contribution is 0.0329. The fourth-order valence-corrected chi connectivity index (χ4v) is 4.20. The molecule has 0 unspecified atom stereocenters. The Balaban J connectivity index is 1.41. The van der Waals surface area contributed by atoms with E-state index >= 15 is 0 Å². The molecule has 1 N–H and O–H groups in total. The van der Waals surface area contributed by atoms with Crippen molar-refractivity contribution in [3.05, 3.63) is 53.3 Å². The second-order valence-corrected chi connectivity index (χ2v) is 7.12.